The van der Waals surface area contributed by atoms with Crippen molar-refractivity contribution in [3.05, 3.63) is 35.4 Å². The largest absolute Gasteiger partial charge is 0.482 e. The molecule has 7 heteroatoms. The number of likely N-dealkylation sites (tertiary alicyclic amines) is 1. The van der Waals surface area contributed by atoms with Gasteiger partial charge in [-0.05, 0) is 44.5 Å². The van der Waals surface area contributed by atoms with Crippen molar-refractivity contribution in [2.45, 2.75) is 38.4 Å². The van der Waals surface area contributed by atoms with Crippen LogP contribution < -0.4 is 4.74 Å². The first kappa shape index (κ1) is 18.0. The minimum atomic E-state index is -1.05. The number of fused-ring (bicyclic) bond motifs is 1. The van der Waals surface area contributed by atoms with E-state index in [-0.39, 0.29) is 12.2 Å². The molecule has 2 aliphatic rings. The van der Waals surface area contributed by atoms with Crippen LogP contribution in [0.3, 0.4) is 0 Å². The lowest BCUT2D eigenvalue weighted by atomic mass is 9.83. The smallest absolute Gasteiger partial charge is 0.410 e. The fraction of sp³-hybridized carbons (Fsp3) is 0.421. The zero-order chi connectivity index (χ0) is 19.1. The van der Waals surface area contributed by atoms with E-state index >= 15 is 0 Å². The molecule has 0 unspecified atom stereocenters. The molecule has 1 fully saturated rings. The maximum absolute atomic E-state index is 12.5. The lowest BCUT2D eigenvalue weighted by molar-refractivity contribution is -0.131. The van der Waals surface area contributed by atoms with E-state index in [0.29, 0.717) is 30.0 Å². The van der Waals surface area contributed by atoms with Crippen LogP contribution in [0.2, 0.25) is 0 Å². The Labute approximate surface area is 151 Å². The average Bonchev–Trinajstić information content (AvgIpc) is 2.48. The predicted molar refractivity (Wildman–Crippen MR) is 93.2 cm³/mol. The van der Waals surface area contributed by atoms with Crippen LogP contribution in [0.4, 0.5) is 4.79 Å². The maximum Gasteiger partial charge on any atom is 0.410 e. The van der Waals surface area contributed by atoms with Gasteiger partial charge in [-0.3, -0.25) is 9.69 Å². The van der Waals surface area contributed by atoms with Crippen LogP contribution in [-0.4, -0.2) is 52.1 Å². The van der Waals surface area contributed by atoms with E-state index in [4.69, 9.17) is 14.6 Å². The molecule has 0 radical (unpaired) electrons. The Morgan fingerprint density at radius 3 is 2.62 bits per heavy atom. The molecule has 138 valence electrons. The highest BCUT2D eigenvalue weighted by atomic mass is 16.6. The first-order chi connectivity index (χ1) is 12.1. The van der Waals surface area contributed by atoms with Crippen molar-refractivity contribution in [2.24, 2.45) is 0 Å². The number of Topliss-reactive ketones (excluding diaryl/α,β-unsaturated/α-hetero) is 1. The Morgan fingerprint density at radius 1 is 1.31 bits per heavy atom. The molecule has 2 aliphatic heterocycles. The summed E-state index contributed by atoms with van der Waals surface area (Å²) in [5, 5.41) is 8.69. The Morgan fingerprint density at radius 2 is 2.00 bits per heavy atom. The van der Waals surface area contributed by atoms with Crippen LogP contribution in [0.1, 0.15) is 43.1 Å². The van der Waals surface area contributed by atoms with Crippen molar-refractivity contribution >= 4 is 23.9 Å². The van der Waals surface area contributed by atoms with E-state index in [1.54, 1.807) is 39.0 Å². The summed E-state index contributed by atoms with van der Waals surface area (Å²) in [5.74, 6) is -0.681. The minimum absolute atomic E-state index is 0.0827. The van der Waals surface area contributed by atoms with Gasteiger partial charge in [0.1, 0.15) is 11.4 Å². The number of ether oxygens (including phenoxy) is 2. The van der Waals surface area contributed by atoms with Crippen molar-refractivity contribution in [3.8, 4) is 5.75 Å². The highest BCUT2D eigenvalue weighted by Gasteiger charge is 2.52. The molecular weight excluding hydrogens is 338 g/mol. The van der Waals surface area contributed by atoms with Crippen molar-refractivity contribution in [1.82, 2.24) is 4.90 Å². The van der Waals surface area contributed by atoms with Gasteiger partial charge in [0.15, 0.2) is 11.4 Å². The number of hydrogen-bond donors (Lipinski definition) is 1. The number of amides is 1. The van der Waals surface area contributed by atoms with Crippen LogP contribution in [0.5, 0.6) is 5.75 Å². The maximum atomic E-state index is 12.5. The number of carbonyl (C=O) groups excluding carboxylic acids is 2. The Hall–Kier alpha value is -2.83. The second-order valence-electron chi connectivity index (χ2n) is 7.65. The van der Waals surface area contributed by atoms with Crippen molar-refractivity contribution in [3.63, 3.8) is 0 Å². The molecule has 3 rings (SSSR count). The number of rotatable bonds is 2. The van der Waals surface area contributed by atoms with E-state index in [9.17, 15) is 14.4 Å². The first-order valence-electron chi connectivity index (χ1n) is 8.32. The molecule has 2 heterocycles. The van der Waals surface area contributed by atoms with Gasteiger partial charge in [0.25, 0.3) is 0 Å². The molecule has 0 atom stereocenters. The van der Waals surface area contributed by atoms with Gasteiger partial charge in [-0.15, -0.1) is 0 Å². The number of nitrogens with zero attached hydrogens (tertiary/aromatic N) is 1. The van der Waals surface area contributed by atoms with E-state index in [0.717, 1.165) is 6.08 Å². The van der Waals surface area contributed by atoms with Crippen LogP contribution in [0, 0.1) is 0 Å². The Kier molecular flexibility index (Phi) is 4.26. The first-order valence-corrected chi connectivity index (χ1v) is 8.32. The highest BCUT2D eigenvalue weighted by Crippen LogP contribution is 2.39. The molecule has 0 bridgehead atoms. The standard InChI is InChI=1S/C19H21NO6/c1-18(2,3)26-17(24)20-10-19(11-20)9-14(21)13-8-12(5-7-16(22)23)4-6-15(13)25-19/h4-8H,9-11H2,1-3H3,(H,22,23). The van der Waals surface area contributed by atoms with Gasteiger partial charge >= 0.3 is 12.1 Å². The molecular formula is C19H21NO6. The fourth-order valence-corrected chi connectivity index (χ4v) is 3.06. The Balaban J connectivity index is 1.71. The number of carboxylic acids is 1. The van der Waals surface area contributed by atoms with Gasteiger partial charge in [-0.1, -0.05) is 6.07 Å². The molecule has 1 spiro atoms. The summed E-state index contributed by atoms with van der Waals surface area (Å²) in [4.78, 5) is 36.7. The van der Waals surface area contributed by atoms with Crippen molar-refractivity contribution in [1.29, 1.82) is 0 Å². The van der Waals surface area contributed by atoms with Crippen LogP contribution >= 0.6 is 0 Å². The third kappa shape index (κ3) is 3.71. The summed E-state index contributed by atoms with van der Waals surface area (Å²) in [5.41, 5.74) is -0.239. The number of hydrogen-bond acceptors (Lipinski definition) is 5. The molecule has 26 heavy (non-hydrogen) atoms. The quantitative estimate of drug-likeness (QED) is 0.816. The summed E-state index contributed by atoms with van der Waals surface area (Å²) in [6.45, 7) is 6.00. The molecule has 1 saturated heterocycles. The van der Waals surface area contributed by atoms with Gasteiger partial charge in [-0.25, -0.2) is 9.59 Å². The molecule has 1 N–H and O–H groups in total. The van der Waals surface area contributed by atoms with Crippen molar-refractivity contribution < 1.29 is 29.0 Å². The summed E-state index contributed by atoms with van der Waals surface area (Å²) < 4.78 is 11.3. The van der Waals surface area contributed by atoms with Crippen LogP contribution in [-0.2, 0) is 9.53 Å². The van der Waals surface area contributed by atoms with Crippen LogP contribution in [0.15, 0.2) is 24.3 Å². The number of carbonyl (C=O) groups is 3. The van der Waals surface area contributed by atoms with Gasteiger partial charge in [0, 0.05) is 6.08 Å². The van der Waals surface area contributed by atoms with E-state index in [2.05, 4.69) is 0 Å². The molecule has 7 nitrogen and oxygen atoms in total. The van der Waals surface area contributed by atoms with Crippen LogP contribution in [0.25, 0.3) is 6.08 Å². The lowest BCUT2D eigenvalue weighted by Gasteiger charge is -2.50. The molecule has 0 aromatic heterocycles. The van der Waals surface area contributed by atoms with E-state index < -0.39 is 23.3 Å². The number of benzene rings is 1. The van der Waals surface area contributed by atoms with E-state index in [1.807, 2.05) is 0 Å². The normalized spacial score (nSPS) is 18.3. The third-order valence-electron chi connectivity index (χ3n) is 4.14. The van der Waals surface area contributed by atoms with Gasteiger partial charge in [-0.2, -0.15) is 0 Å². The lowest BCUT2D eigenvalue weighted by Crippen LogP contribution is -2.68. The second-order valence-corrected chi connectivity index (χ2v) is 7.65. The van der Waals surface area contributed by atoms with Crippen molar-refractivity contribution in [2.75, 3.05) is 13.1 Å². The average molecular weight is 359 g/mol. The van der Waals surface area contributed by atoms with Gasteiger partial charge in [0.2, 0.25) is 0 Å². The molecule has 1 amide bonds. The summed E-state index contributed by atoms with van der Waals surface area (Å²) >= 11 is 0. The zero-order valence-electron chi connectivity index (χ0n) is 14.9. The minimum Gasteiger partial charge on any atom is -0.482 e. The number of ketones is 1. The monoisotopic (exact) mass is 359 g/mol. The second kappa shape index (κ2) is 6.16. The fourth-order valence-electron chi connectivity index (χ4n) is 3.06. The number of aliphatic carboxylic acids is 1. The summed E-state index contributed by atoms with van der Waals surface area (Å²) in [6, 6.07) is 4.97. The topological polar surface area (TPSA) is 93.1 Å². The predicted octanol–water partition coefficient (Wildman–Crippen LogP) is 2.74. The summed E-state index contributed by atoms with van der Waals surface area (Å²) in [6.07, 6.45) is 2.19. The third-order valence-corrected chi connectivity index (χ3v) is 4.14. The molecule has 0 aliphatic carbocycles. The highest BCUT2D eigenvalue weighted by molar-refractivity contribution is 6.01. The molecule has 1 aromatic carbocycles. The molecule has 0 saturated carbocycles. The van der Waals surface area contributed by atoms with Gasteiger partial charge in [0.05, 0.1) is 25.1 Å². The molecule has 1 aromatic rings. The van der Waals surface area contributed by atoms with E-state index in [1.165, 1.54) is 11.0 Å². The Bertz CT molecular complexity index is 799. The van der Waals surface area contributed by atoms with Gasteiger partial charge < -0.3 is 14.6 Å². The number of carboxylic acid groups (broad SMARTS) is 1. The SMILES string of the molecule is CC(C)(C)OC(=O)N1CC2(CC(=O)c3cc(C=CC(=O)O)ccc3O2)C1. The zero-order valence-corrected chi connectivity index (χ0v) is 14.9. The summed E-state index contributed by atoms with van der Waals surface area (Å²) in [7, 11) is 0.